The van der Waals surface area contributed by atoms with Crippen LogP contribution < -0.4 is 4.90 Å². The number of aromatic nitrogens is 4. The van der Waals surface area contributed by atoms with Gasteiger partial charge in [0, 0.05) is 32.7 Å². The molecule has 0 radical (unpaired) electrons. The summed E-state index contributed by atoms with van der Waals surface area (Å²) in [6.07, 6.45) is 5.98. The monoisotopic (exact) mass is 302 g/mol. The Morgan fingerprint density at radius 1 is 1.27 bits per heavy atom. The Morgan fingerprint density at radius 2 is 2.00 bits per heavy atom. The summed E-state index contributed by atoms with van der Waals surface area (Å²) in [6.45, 7) is 7.84. The summed E-state index contributed by atoms with van der Waals surface area (Å²) in [5.74, 6) is 1.82. The lowest BCUT2D eigenvalue weighted by atomic mass is 9.96. The molecule has 3 rings (SSSR count). The van der Waals surface area contributed by atoms with Crippen LogP contribution in [0.2, 0.25) is 0 Å². The van der Waals surface area contributed by atoms with E-state index < -0.39 is 0 Å². The van der Waals surface area contributed by atoms with Crippen molar-refractivity contribution in [1.29, 1.82) is 0 Å². The van der Waals surface area contributed by atoms with E-state index in [4.69, 9.17) is 0 Å². The van der Waals surface area contributed by atoms with Crippen LogP contribution in [0.1, 0.15) is 26.7 Å². The highest BCUT2D eigenvalue weighted by molar-refractivity contribution is 5.86. The zero-order valence-corrected chi connectivity index (χ0v) is 14.0. The largest absolute Gasteiger partial charge is 0.356 e. The fourth-order valence-electron chi connectivity index (χ4n) is 3.15. The number of aryl methyl sites for hydroxylation is 1. The molecule has 120 valence electrons. The Hall–Kier alpha value is -1.69. The molecule has 1 saturated heterocycles. The van der Waals surface area contributed by atoms with E-state index >= 15 is 0 Å². The maximum absolute atomic E-state index is 4.51. The molecule has 1 aliphatic rings. The average molecular weight is 302 g/mol. The highest BCUT2D eigenvalue weighted by Gasteiger charge is 2.23. The summed E-state index contributed by atoms with van der Waals surface area (Å²) >= 11 is 0. The molecule has 0 aliphatic carbocycles. The van der Waals surface area contributed by atoms with Gasteiger partial charge in [0.1, 0.15) is 12.1 Å². The van der Waals surface area contributed by atoms with Crippen LogP contribution in [0.25, 0.3) is 11.0 Å². The third-order valence-corrected chi connectivity index (χ3v) is 4.85. The van der Waals surface area contributed by atoms with Gasteiger partial charge in [0.05, 0.1) is 11.6 Å². The number of fused-ring (bicyclic) bond motifs is 1. The fourth-order valence-corrected chi connectivity index (χ4v) is 3.15. The van der Waals surface area contributed by atoms with Crippen molar-refractivity contribution in [3.05, 3.63) is 12.5 Å². The SMILES string of the molecule is CC(C)N(C)CC1CCN(c2ncnc3c2cnn3C)CC1. The van der Waals surface area contributed by atoms with Crippen molar-refractivity contribution >= 4 is 16.9 Å². The minimum absolute atomic E-state index is 0.620. The van der Waals surface area contributed by atoms with Gasteiger partial charge in [-0.15, -0.1) is 0 Å². The van der Waals surface area contributed by atoms with E-state index in [0.29, 0.717) is 6.04 Å². The summed E-state index contributed by atoms with van der Waals surface area (Å²) in [4.78, 5) is 13.7. The van der Waals surface area contributed by atoms with E-state index in [9.17, 15) is 0 Å². The minimum Gasteiger partial charge on any atom is -0.356 e. The van der Waals surface area contributed by atoms with Crippen LogP contribution in [0, 0.1) is 5.92 Å². The van der Waals surface area contributed by atoms with E-state index in [2.05, 4.69) is 45.8 Å². The Balaban J connectivity index is 1.68. The average Bonchev–Trinajstić information content (AvgIpc) is 2.90. The van der Waals surface area contributed by atoms with Crippen LogP contribution in [-0.2, 0) is 7.05 Å². The maximum atomic E-state index is 4.51. The van der Waals surface area contributed by atoms with Crippen LogP contribution in [-0.4, -0.2) is 57.4 Å². The molecule has 0 spiro atoms. The van der Waals surface area contributed by atoms with Gasteiger partial charge in [0.15, 0.2) is 5.65 Å². The molecule has 0 bridgehead atoms. The van der Waals surface area contributed by atoms with Crippen molar-refractivity contribution in [3.63, 3.8) is 0 Å². The van der Waals surface area contributed by atoms with Gasteiger partial charge in [-0.3, -0.25) is 4.68 Å². The van der Waals surface area contributed by atoms with E-state index in [1.54, 1.807) is 6.33 Å². The van der Waals surface area contributed by atoms with Crippen molar-refractivity contribution in [1.82, 2.24) is 24.6 Å². The molecule has 0 amide bonds. The molecular formula is C16H26N6. The molecule has 0 saturated carbocycles. The molecule has 22 heavy (non-hydrogen) atoms. The first kappa shape index (κ1) is 15.2. The van der Waals surface area contributed by atoms with E-state index in [1.165, 1.54) is 19.4 Å². The Kier molecular flexibility index (Phi) is 4.29. The molecule has 1 aliphatic heterocycles. The molecule has 0 atom stereocenters. The Bertz CT molecular complexity index is 627. The zero-order valence-electron chi connectivity index (χ0n) is 14.0. The van der Waals surface area contributed by atoms with Crippen LogP contribution in [0.3, 0.4) is 0 Å². The number of piperidine rings is 1. The molecule has 0 N–H and O–H groups in total. The standard InChI is InChI=1S/C16H26N6/c1-12(2)20(3)10-13-5-7-22(8-6-13)16-14-9-19-21(4)15(14)17-11-18-16/h9,11-13H,5-8,10H2,1-4H3. The third kappa shape index (κ3) is 2.92. The van der Waals surface area contributed by atoms with Gasteiger partial charge in [-0.25, -0.2) is 9.97 Å². The topological polar surface area (TPSA) is 50.1 Å². The zero-order chi connectivity index (χ0) is 15.7. The van der Waals surface area contributed by atoms with Crippen molar-refractivity contribution in [3.8, 4) is 0 Å². The van der Waals surface area contributed by atoms with Crippen molar-refractivity contribution in [2.45, 2.75) is 32.7 Å². The van der Waals surface area contributed by atoms with Gasteiger partial charge in [0.2, 0.25) is 0 Å². The van der Waals surface area contributed by atoms with Gasteiger partial charge >= 0.3 is 0 Å². The number of hydrogen-bond acceptors (Lipinski definition) is 5. The molecule has 0 unspecified atom stereocenters. The fraction of sp³-hybridized carbons (Fsp3) is 0.688. The second-order valence-electron chi connectivity index (χ2n) is 6.67. The third-order valence-electron chi connectivity index (χ3n) is 4.85. The smallest absolute Gasteiger partial charge is 0.163 e. The molecule has 3 heterocycles. The molecule has 1 fully saturated rings. The summed E-state index contributed by atoms with van der Waals surface area (Å²) in [5.41, 5.74) is 0.909. The summed E-state index contributed by atoms with van der Waals surface area (Å²) < 4.78 is 1.81. The number of rotatable bonds is 4. The van der Waals surface area contributed by atoms with Gasteiger partial charge in [0.25, 0.3) is 0 Å². The highest BCUT2D eigenvalue weighted by Crippen LogP contribution is 2.27. The molecule has 6 heteroatoms. The highest BCUT2D eigenvalue weighted by atomic mass is 15.3. The van der Waals surface area contributed by atoms with Crippen LogP contribution in [0.5, 0.6) is 0 Å². The number of anilines is 1. The summed E-state index contributed by atoms with van der Waals surface area (Å²) in [7, 11) is 4.15. The van der Waals surface area contributed by atoms with Crippen LogP contribution >= 0.6 is 0 Å². The lowest BCUT2D eigenvalue weighted by Crippen LogP contribution is -2.39. The van der Waals surface area contributed by atoms with E-state index in [0.717, 1.165) is 35.9 Å². The number of nitrogens with zero attached hydrogens (tertiary/aromatic N) is 6. The molecule has 0 aromatic carbocycles. The Morgan fingerprint density at radius 3 is 2.68 bits per heavy atom. The minimum atomic E-state index is 0.620. The van der Waals surface area contributed by atoms with Crippen molar-refractivity contribution in [2.75, 3.05) is 31.6 Å². The van der Waals surface area contributed by atoms with E-state index in [-0.39, 0.29) is 0 Å². The first-order valence-electron chi connectivity index (χ1n) is 8.14. The van der Waals surface area contributed by atoms with Gasteiger partial charge in [-0.2, -0.15) is 5.10 Å². The van der Waals surface area contributed by atoms with Gasteiger partial charge in [-0.05, 0) is 39.7 Å². The number of hydrogen-bond donors (Lipinski definition) is 0. The molecule has 6 nitrogen and oxygen atoms in total. The Labute approximate surface area is 132 Å². The normalized spacial score (nSPS) is 17.1. The predicted octanol–water partition coefficient (Wildman–Crippen LogP) is 1.92. The maximum Gasteiger partial charge on any atom is 0.163 e. The molecule has 2 aromatic heterocycles. The molecular weight excluding hydrogens is 276 g/mol. The van der Waals surface area contributed by atoms with Crippen LogP contribution in [0.4, 0.5) is 5.82 Å². The second kappa shape index (κ2) is 6.20. The van der Waals surface area contributed by atoms with E-state index in [1.807, 2.05) is 17.9 Å². The van der Waals surface area contributed by atoms with Crippen molar-refractivity contribution in [2.24, 2.45) is 13.0 Å². The van der Waals surface area contributed by atoms with Crippen molar-refractivity contribution < 1.29 is 0 Å². The molecule has 2 aromatic rings. The van der Waals surface area contributed by atoms with Gasteiger partial charge < -0.3 is 9.80 Å². The quantitative estimate of drug-likeness (QED) is 0.863. The van der Waals surface area contributed by atoms with Gasteiger partial charge in [-0.1, -0.05) is 0 Å². The van der Waals surface area contributed by atoms with Crippen LogP contribution in [0.15, 0.2) is 12.5 Å². The lowest BCUT2D eigenvalue weighted by molar-refractivity contribution is 0.211. The predicted molar refractivity (Wildman–Crippen MR) is 89.0 cm³/mol. The summed E-state index contributed by atoms with van der Waals surface area (Å²) in [5, 5.41) is 5.36. The summed E-state index contributed by atoms with van der Waals surface area (Å²) in [6, 6.07) is 0.620. The lowest BCUT2D eigenvalue weighted by Gasteiger charge is -2.35. The first-order valence-corrected chi connectivity index (χ1v) is 8.14. The second-order valence-corrected chi connectivity index (χ2v) is 6.67. The first-order chi connectivity index (χ1) is 10.6.